The summed E-state index contributed by atoms with van der Waals surface area (Å²) in [6, 6.07) is 2.38. The van der Waals surface area contributed by atoms with E-state index in [1.807, 2.05) is 0 Å². The van der Waals surface area contributed by atoms with Gasteiger partial charge in [0.25, 0.3) is 6.10 Å². The maximum atomic E-state index is 13.7. The van der Waals surface area contributed by atoms with Crippen molar-refractivity contribution >= 4 is 10.1 Å². The number of alkyl halides is 5. The van der Waals surface area contributed by atoms with Crippen LogP contribution >= 0.6 is 0 Å². The smallest absolute Gasteiger partial charge is 0.432 e. The maximum absolute atomic E-state index is 13.7. The highest BCUT2D eigenvalue weighted by Gasteiger charge is 2.65. The Morgan fingerprint density at radius 2 is 1.41 bits per heavy atom. The van der Waals surface area contributed by atoms with Gasteiger partial charge >= 0.3 is 21.5 Å². The van der Waals surface area contributed by atoms with E-state index >= 15 is 0 Å². The van der Waals surface area contributed by atoms with E-state index in [4.69, 9.17) is 4.55 Å². The Balaban J connectivity index is 3.64. The molecule has 0 bridgehead atoms. The van der Waals surface area contributed by atoms with Crippen LogP contribution in [0.3, 0.4) is 0 Å². The Morgan fingerprint density at radius 3 is 1.67 bits per heavy atom. The molecule has 1 rings (SSSR count). The van der Waals surface area contributed by atoms with E-state index in [2.05, 4.69) is 4.74 Å². The molecule has 156 valence electrons. The van der Waals surface area contributed by atoms with Gasteiger partial charge in [-0.2, -0.15) is 30.4 Å². The Hall–Kier alpha value is -1.50. The molecule has 1 unspecified atom stereocenters. The van der Waals surface area contributed by atoms with Crippen LogP contribution in [-0.2, 0) is 28.7 Å². The summed E-state index contributed by atoms with van der Waals surface area (Å²) in [4.78, 5) is 0. The van der Waals surface area contributed by atoms with Crippen LogP contribution in [0.1, 0.15) is 37.5 Å². The Kier molecular flexibility index (Phi) is 6.53. The lowest BCUT2D eigenvalue weighted by Gasteiger charge is -2.29. The summed E-state index contributed by atoms with van der Waals surface area (Å²) in [7, 11) is -6.48. The van der Waals surface area contributed by atoms with E-state index in [0.717, 1.165) is 0 Å². The lowest BCUT2D eigenvalue weighted by atomic mass is 9.84. The fourth-order valence-electron chi connectivity index (χ4n) is 2.15. The second-order valence-corrected chi connectivity index (χ2v) is 8.26. The van der Waals surface area contributed by atoms with Crippen molar-refractivity contribution in [3.05, 3.63) is 28.8 Å². The first kappa shape index (κ1) is 23.5. The number of rotatable bonds is 6. The first-order valence-corrected chi connectivity index (χ1v) is 8.87. The first-order chi connectivity index (χ1) is 12.0. The molecule has 0 amide bonds. The first-order valence-electron chi connectivity index (χ1n) is 7.43. The van der Waals surface area contributed by atoms with Gasteiger partial charge in [0.1, 0.15) is 5.75 Å². The van der Waals surface area contributed by atoms with E-state index in [-0.39, 0.29) is 11.1 Å². The van der Waals surface area contributed by atoms with Crippen molar-refractivity contribution in [1.29, 1.82) is 0 Å². The van der Waals surface area contributed by atoms with E-state index in [9.17, 15) is 40.6 Å². The minimum absolute atomic E-state index is 0.369. The fraction of sp³-hybridized carbons (Fsp3) is 0.600. The van der Waals surface area contributed by atoms with Crippen molar-refractivity contribution in [2.45, 2.75) is 56.9 Å². The molecule has 0 heterocycles. The molecule has 1 aromatic rings. The lowest BCUT2D eigenvalue weighted by molar-refractivity contribution is -0.239. The van der Waals surface area contributed by atoms with Crippen LogP contribution in [0, 0.1) is 0 Å². The van der Waals surface area contributed by atoms with Gasteiger partial charge in [-0.15, -0.1) is 0 Å². The monoisotopic (exact) mass is 422 g/mol. The van der Waals surface area contributed by atoms with Gasteiger partial charge in [-0.25, -0.2) is 0 Å². The third-order valence-electron chi connectivity index (χ3n) is 3.63. The van der Waals surface area contributed by atoms with Crippen LogP contribution in [-0.4, -0.2) is 40.7 Å². The van der Waals surface area contributed by atoms with Crippen molar-refractivity contribution < 1.29 is 49.9 Å². The summed E-state index contributed by atoms with van der Waals surface area (Å²) < 4.78 is 101. The van der Waals surface area contributed by atoms with Crippen LogP contribution < -0.4 is 4.74 Å². The number of benzene rings is 1. The van der Waals surface area contributed by atoms with Gasteiger partial charge in [-0.1, -0.05) is 20.8 Å². The van der Waals surface area contributed by atoms with Crippen molar-refractivity contribution in [3.8, 4) is 5.75 Å². The number of halogens is 5. The second kappa shape index (κ2) is 7.49. The number of aliphatic hydroxyl groups excluding tert-OH is 2. The predicted octanol–water partition coefficient (Wildman–Crippen LogP) is 2.76. The molecule has 0 saturated carbocycles. The van der Waals surface area contributed by atoms with Crippen LogP contribution in [0.4, 0.5) is 22.0 Å². The highest BCUT2D eigenvalue weighted by molar-refractivity contribution is 7.86. The van der Waals surface area contributed by atoms with E-state index in [1.54, 1.807) is 20.8 Å². The normalized spacial score (nSPS) is 14.9. The van der Waals surface area contributed by atoms with Gasteiger partial charge in [-0.3, -0.25) is 4.55 Å². The van der Waals surface area contributed by atoms with Crippen molar-refractivity contribution in [3.63, 3.8) is 0 Å². The molecular formula is C15H19F5O6S. The number of aliphatic hydroxyl groups is 2. The summed E-state index contributed by atoms with van der Waals surface area (Å²) in [6.45, 7) is 3.28. The van der Waals surface area contributed by atoms with Crippen LogP contribution in [0.25, 0.3) is 0 Å². The SMILES string of the molecule is CC(C)(C)c1cc(CO)c(OC(C(F)(F)F)C(F)(F)S(=O)(=O)O)c(CO)c1. The van der Waals surface area contributed by atoms with Crippen molar-refractivity contribution in [1.82, 2.24) is 0 Å². The molecule has 0 aliphatic carbocycles. The molecule has 27 heavy (non-hydrogen) atoms. The minimum Gasteiger partial charge on any atom is -0.472 e. The van der Waals surface area contributed by atoms with E-state index in [1.165, 1.54) is 12.1 Å². The highest BCUT2D eigenvalue weighted by atomic mass is 32.2. The van der Waals surface area contributed by atoms with Crippen LogP contribution in [0.2, 0.25) is 0 Å². The fourth-order valence-corrected chi connectivity index (χ4v) is 2.61. The van der Waals surface area contributed by atoms with Crippen LogP contribution in [0.15, 0.2) is 12.1 Å². The molecule has 0 aliphatic heterocycles. The molecule has 0 aromatic heterocycles. The van der Waals surface area contributed by atoms with Gasteiger partial charge in [0, 0.05) is 11.1 Å². The summed E-state index contributed by atoms with van der Waals surface area (Å²) >= 11 is 0. The van der Waals surface area contributed by atoms with E-state index < -0.39 is 52.0 Å². The van der Waals surface area contributed by atoms with Crippen molar-refractivity contribution in [2.75, 3.05) is 0 Å². The number of hydrogen-bond donors (Lipinski definition) is 3. The van der Waals surface area contributed by atoms with Gasteiger partial charge < -0.3 is 14.9 Å². The second-order valence-electron chi connectivity index (χ2n) is 6.77. The minimum atomic E-state index is -6.48. The lowest BCUT2D eigenvalue weighted by Crippen LogP contribution is -2.53. The molecule has 0 saturated heterocycles. The Labute approximate surface area is 152 Å². The zero-order chi connectivity index (χ0) is 21.4. The van der Waals surface area contributed by atoms with Crippen LogP contribution in [0.5, 0.6) is 5.75 Å². The van der Waals surface area contributed by atoms with Gasteiger partial charge in [0.2, 0.25) is 0 Å². The Morgan fingerprint density at radius 1 is 1.00 bits per heavy atom. The molecule has 6 nitrogen and oxygen atoms in total. The summed E-state index contributed by atoms with van der Waals surface area (Å²) in [5, 5.41) is 13.1. The molecule has 12 heteroatoms. The molecule has 3 N–H and O–H groups in total. The highest BCUT2D eigenvalue weighted by Crippen LogP contribution is 2.41. The largest absolute Gasteiger partial charge is 0.472 e. The molecule has 0 radical (unpaired) electrons. The summed E-state index contributed by atoms with van der Waals surface area (Å²) in [6.07, 6.45) is -10.2. The summed E-state index contributed by atoms with van der Waals surface area (Å²) in [5.41, 5.74) is -0.861. The van der Waals surface area contributed by atoms with Gasteiger partial charge in [0.05, 0.1) is 13.2 Å². The number of hydrogen-bond acceptors (Lipinski definition) is 5. The molecule has 1 atom stereocenters. The Bertz CT molecular complexity index is 758. The quantitative estimate of drug-likeness (QED) is 0.481. The van der Waals surface area contributed by atoms with Crippen molar-refractivity contribution in [2.24, 2.45) is 0 Å². The zero-order valence-electron chi connectivity index (χ0n) is 14.5. The molecule has 0 fully saturated rings. The predicted molar refractivity (Wildman–Crippen MR) is 84.0 cm³/mol. The molecule has 1 aromatic carbocycles. The summed E-state index contributed by atoms with van der Waals surface area (Å²) in [5.74, 6) is -0.946. The molecular weight excluding hydrogens is 403 g/mol. The molecule has 0 aliphatic rings. The van der Waals surface area contributed by atoms with E-state index in [0.29, 0.717) is 5.56 Å². The topological polar surface area (TPSA) is 104 Å². The third-order valence-corrected chi connectivity index (χ3v) is 4.53. The average Bonchev–Trinajstić information content (AvgIpc) is 2.48. The van der Waals surface area contributed by atoms with Gasteiger partial charge in [-0.05, 0) is 23.1 Å². The average molecular weight is 422 g/mol. The third kappa shape index (κ3) is 5.06. The van der Waals surface area contributed by atoms with Gasteiger partial charge in [0.15, 0.2) is 0 Å². The zero-order valence-corrected chi connectivity index (χ0v) is 15.3. The molecule has 0 spiro atoms. The maximum Gasteiger partial charge on any atom is 0.432 e. The number of ether oxygens (including phenoxy) is 1. The standard InChI is InChI=1S/C15H19F5O6S/c1-13(2,3)10-4-8(6-21)11(9(5-10)7-22)26-12(14(16,17)18)15(19,20)27(23,24)25/h4-5,12,21-22H,6-7H2,1-3H3,(H,23,24,25).